The van der Waals surface area contributed by atoms with Crippen LogP contribution in [-0.4, -0.2) is 38.9 Å². The summed E-state index contributed by atoms with van der Waals surface area (Å²) in [7, 11) is 0. The van der Waals surface area contributed by atoms with Crippen LogP contribution in [0.1, 0.15) is 36.2 Å². The molecule has 0 radical (unpaired) electrons. The molecule has 2 aromatic heterocycles. The van der Waals surface area contributed by atoms with Crippen LogP contribution in [0.4, 0.5) is 11.4 Å². The Hall–Kier alpha value is -4.27. The van der Waals surface area contributed by atoms with Gasteiger partial charge in [-0.1, -0.05) is 19.1 Å². The molecule has 1 aliphatic carbocycles. The first kappa shape index (κ1) is 22.9. The highest BCUT2D eigenvalue weighted by Gasteiger charge is 2.27. The van der Waals surface area contributed by atoms with Crippen molar-refractivity contribution >= 4 is 29.1 Å². The summed E-state index contributed by atoms with van der Waals surface area (Å²) in [6, 6.07) is 13.9. The number of aromatic amines is 1. The van der Waals surface area contributed by atoms with E-state index in [0.29, 0.717) is 23.5 Å². The number of nitrogens with zero attached hydrogens (tertiary/aromatic N) is 2. The van der Waals surface area contributed by atoms with Crippen molar-refractivity contribution in [1.82, 2.24) is 20.5 Å². The summed E-state index contributed by atoms with van der Waals surface area (Å²) >= 11 is 0. The van der Waals surface area contributed by atoms with Crippen molar-refractivity contribution in [3.05, 3.63) is 73.1 Å². The molecule has 2 unspecified atom stereocenters. The highest BCUT2D eigenvalue weighted by Crippen LogP contribution is 2.26. The number of pyridine rings is 1. The molecule has 1 aromatic carbocycles. The van der Waals surface area contributed by atoms with E-state index in [-0.39, 0.29) is 35.4 Å². The summed E-state index contributed by atoms with van der Waals surface area (Å²) in [5.41, 5.74) is 2.85. The van der Waals surface area contributed by atoms with Gasteiger partial charge in [0.2, 0.25) is 11.8 Å². The monoisotopic (exact) mass is 458 g/mol. The molecule has 9 nitrogen and oxygen atoms in total. The number of benzene rings is 1. The van der Waals surface area contributed by atoms with Gasteiger partial charge in [0.1, 0.15) is 5.69 Å². The van der Waals surface area contributed by atoms with Crippen LogP contribution in [0.5, 0.6) is 0 Å². The van der Waals surface area contributed by atoms with Crippen molar-refractivity contribution in [2.75, 3.05) is 10.6 Å². The zero-order valence-electron chi connectivity index (χ0n) is 18.6. The second-order valence-electron chi connectivity index (χ2n) is 8.17. The van der Waals surface area contributed by atoms with Gasteiger partial charge in [-0.05, 0) is 67.8 Å². The van der Waals surface area contributed by atoms with Crippen LogP contribution in [0.15, 0.2) is 67.4 Å². The van der Waals surface area contributed by atoms with Gasteiger partial charge in [0.05, 0.1) is 11.4 Å². The van der Waals surface area contributed by atoms with Gasteiger partial charge in [-0.25, -0.2) is 4.98 Å². The molecule has 3 aromatic rings. The van der Waals surface area contributed by atoms with Gasteiger partial charge in [0.25, 0.3) is 5.91 Å². The quantitative estimate of drug-likeness (QED) is 0.403. The molecular formula is C25H26N6O3. The standard InChI is InChI=1S/C25H26N6O3/c1-2-23(32)27-19-6-3-5-16(15-19)24(33)28-17-9-11-18(12-10-17)29-25(34)22-8-4-7-20(30-22)21-13-14-26-31-21/h2,4,7-14,16,19H,1,3,5-6,15H2,(H,26,31)(H,27,32)(H,28,33)(H,29,34). The second kappa shape index (κ2) is 10.6. The Morgan fingerprint density at radius 3 is 2.47 bits per heavy atom. The minimum Gasteiger partial charge on any atom is -0.350 e. The van der Waals surface area contributed by atoms with Crippen molar-refractivity contribution in [3.63, 3.8) is 0 Å². The number of hydrogen-bond acceptors (Lipinski definition) is 5. The van der Waals surface area contributed by atoms with Crippen LogP contribution < -0.4 is 16.0 Å². The molecule has 4 rings (SSSR count). The third-order valence-electron chi connectivity index (χ3n) is 5.75. The summed E-state index contributed by atoms with van der Waals surface area (Å²) in [4.78, 5) is 41.3. The van der Waals surface area contributed by atoms with Crippen molar-refractivity contribution < 1.29 is 14.4 Å². The highest BCUT2D eigenvalue weighted by molar-refractivity contribution is 6.03. The Morgan fingerprint density at radius 1 is 1.00 bits per heavy atom. The zero-order valence-corrected chi connectivity index (χ0v) is 18.6. The summed E-state index contributed by atoms with van der Waals surface area (Å²) in [5.74, 6) is -0.800. The molecule has 9 heteroatoms. The van der Waals surface area contributed by atoms with Gasteiger partial charge >= 0.3 is 0 Å². The lowest BCUT2D eigenvalue weighted by Gasteiger charge is -2.28. The minimum atomic E-state index is -0.340. The van der Waals surface area contributed by atoms with Crippen LogP contribution in [0.2, 0.25) is 0 Å². The van der Waals surface area contributed by atoms with E-state index in [1.54, 1.807) is 54.7 Å². The predicted octanol–water partition coefficient (Wildman–Crippen LogP) is 3.52. The number of amides is 3. The fraction of sp³-hybridized carbons (Fsp3) is 0.240. The van der Waals surface area contributed by atoms with E-state index in [4.69, 9.17) is 0 Å². The molecule has 2 heterocycles. The van der Waals surface area contributed by atoms with Crippen molar-refractivity contribution in [1.29, 1.82) is 0 Å². The number of nitrogens with one attached hydrogen (secondary N) is 4. The van der Waals surface area contributed by atoms with E-state index in [1.807, 2.05) is 0 Å². The van der Waals surface area contributed by atoms with Crippen LogP contribution in [0.25, 0.3) is 11.4 Å². The summed E-state index contributed by atoms with van der Waals surface area (Å²) in [6.45, 7) is 3.47. The fourth-order valence-electron chi connectivity index (χ4n) is 4.01. The summed E-state index contributed by atoms with van der Waals surface area (Å²) in [6.07, 6.45) is 5.99. The third kappa shape index (κ3) is 5.74. The van der Waals surface area contributed by atoms with Gasteiger partial charge < -0.3 is 16.0 Å². The highest BCUT2D eigenvalue weighted by atomic mass is 16.2. The number of rotatable bonds is 7. The van der Waals surface area contributed by atoms with Crippen molar-refractivity contribution in [3.8, 4) is 11.4 Å². The molecule has 0 spiro atoms. The molecule has 0 aliphatic heterocycles. The Morgan fingerprint density at radius 2 is 1.76 bits per heavy atom. The molecule has 34 heavy (non-hydrogen) atoms. The first-order valence-corrected chi connectivity index (χ1v) is 11.1. The van der Waals surface area contributed by atoms with Crippen LogP contribution in [-0.2, 0) is 9.59 Å². The Balaban J connectivity index is 1.33. The first-order valence-electron chi connectivity index (χ1n) is 11.1. The van der Waals surface area contributed by atoms with Gasteiger partial charge in [0, 0.05) is 29.5 Å². The maximum Gasteiger partial charge on any atom is 0.274 e. The van der Waals surface area contributed by atoms with Gasteiger partial charge in [0.15, 0.2) is 0 Å². The normalized spacial score (nSPS) is 17.4. The maximum atomic E-state index is 12.7. The first-order chi connectivity index (χ1) is 16.5. The predicted molar refractivity (Wildman–Crippen MR) is 129 cm³/mol. The van der Waals surface area contributed by atoms with E-state index in [1.165, 1.54) is 6.08 Å². The lowest BCUT2D eigenvalue weighted by molar-refractivity contribution is -0.122. The average molecular weight is 459 g/mol. The molecule has 4 N–H and O–H groups in total. The molecule has 0 bridgehead atoms. The summed E-state index contributed by atoms with van der Waals surface area (Å²) in [5, 5.41) is 15.4. The van der Waals surface area contributed by atoms with Gasteiger partial charge in [-0.2, -0.15) is 5.10 Å². The average Bonchev–Trinajstić information content (AvgIpc) is 3.40. The van der Waals surface area contributed by atoms with Crippen molar-refractivity contribution in [2.45, 2.75) is 31.7 Å². The van der Waals surface area contributed by atoms with Crippen LogP contribution >= 0.6 is 0 Å². The Kier molecular flexibility index (Phi) is 7.12. The van der Waals surface area contributed by atoms with E-state index in [2.05, 4.69) is 37.7 Å². The number of carbonyl (C=O) groups is 3. The van der Waals surface area contributed by atoms with E-state index < -0.39 is 0 Å². The molecule has 1 fully saturated rings. The number of aromatic nitrogens is 3. The molecule has 0 saturated heterocycles. The van der Waals surface area contributed by atoms with E-state index >= 15 is 0 Å². The maximum absolute atomic E-state index is 12.7. The molecule has 174 valence electrons. The number of H-pyrrole nitrogens is 1. The molecule has 3 amide bonds. The van der Waals surface area contributed by atoms with Crippen molar-refractivity contribution in [2.24, 2.45) is 5.92 Å². The van der Waals surface area contributed by atoms with E-state index in [0.717, 1.165) is 25.0 Å². The Bertz CT molecular complexity index is 1170. The smallest absolute Gasteiger partial charge is 0.274 e. The lowest BCUT2D eigenvalue weighted by atomic mass is 9.85. The summed E-state index contributed by atoms with van der Waals surface area (Å²) < 4.78 is 0. The van der Waals surface area contributed by atoms with Gasteiger partial charge in [-0.3, -0.25) is 19.5 Å². The zero-order chi connectivity index (χ0) is 23.9. The molecule has 2 atom stereocenters. The number of anilines is 2. The fourth-order valence-corrected chi connectivity index (χ4v) is 4.01. The SMILES string of the molecule is C=CC(=O)NC1CCCC(C(=O)Nc2ccc(NC(=O)c3cccc(-c4ccn[nH]4)n3)cc2)C1. The lowest BCUT2D eigenvalue weighted by Crippen LogP contribution is -2.40. The minimum absolute atomic E-state index is 0.0204. The second-order valence-corrected chi connectivity index (χ2v) is 8.17. The topological polar surface area (TPSA) is 129 Å². The van der Waals surface area contributed by atoms with Crippen LogP contribution in [0.3, 0.4) is 0 Å². The number of carbonyl (C=O) groups excluding carboxylic acids is 3. The molecule has 1 aliphatic rings. The molecule has 1 saturated carbocycles. The van der Waals surface area contributed by atoms with Gasteiger partial charge in [-0.15, -0.1) is 0 Å². The number of hydrogen-bond donors (Lipinski definition) is 4. The Labute approximate surface area is 197 Å². The molecular weight excluding hydrogens is 432 g/mol. The third-order valence-corrected chi connectivity index (χ3v) is 5.75. The van der Waals surface area contributed by atoms with E-state index in [9.17, 15) is 14.4 Å². The largest absolute Gasteiger partial charge is 0.350 e. The van der Waals surface area contributed by atoms with Crippen LogP contribution in [0, 0.1) is 5.92 Å².